The van der Waals surface area contributed by atoms with E-state index in [9.17, 15) is 0 Å². The molecule has 0 aromatic rings. The molecule has 0 amide bonds. The first-order valence-corrected chi connectivity index (χ1v) is 5.73. The molecule has 0 bridgehead atoms. The predicted molar refractivity (Wildman–Crippen MR) is 17.6 cm³/mol. The molecule has 29 valence electrons. The van der Waals surface area contributed by atoms with E-state index in [1.807, 2.05) is 0 Å². The zero-order chi connectivity index (χ0) is 3.58. The first-order chi connectivity index (χ1) is 1.73. The normalized spacial score (nSPS) is 7.20. The first kappa shape index (κ1) is 10.3. The molecule has 5 heteroatoms. The maximum atomic E-state index is 4.93. The molecule has 0 aliphatic rings. The van der Waals surface area contributed by atoms with Gasteiger partial charge in [-0.05, 0) is 0 Å². The van der Waals surface area contributed by atoms with E-state index in [-0.39, 0.29) is 27.3 Å². The molecule has 0 aromatic heterocycles. The van der Waals surface area contributed by atoms with E-state index in [0.29, 0.717) is 0 Å². The van der Waals surface area contributed by atoms with E-state index < -0.39 is 11.4 Å². The summed E-state index contributed by atoms with van der Waals surface area (Å²) < 4.78 is 0. The number of halogens is 3. The molecular weight excluding hydrogens is 271 g/mol. The monoisotopic (exact) mass is 271 g/mol. The quantitative estimate of drug-likeness (QED) is 0.591. The van der Waals surface area contributed by atoms with Gasteiger partial charge in [0, 0.05) is 27.3 Å². The fourth-order valence-corrected chi connectivity index (χ4v) is 0. The summed E-state index contributed by atoms with van der Waals surface area (Å²) in [6.07, 6.45) is 0. The number of hydrogen-bond acceptors (Lipinski definition) is 0. The molecule has 0 spiro atoms. The van der Waals surface area contributed by atoms with Crippen molar-refractivity contribution in [2.75, 3.05) is 0 Å². The maximum absolute atomic E-state index is 4.93. The van der Waals surface area contributed by atoms with Crippen LogP contribution in [0.25, 0.3) is 0 Å². The zero-order valence-corrected chi connectivity index (χ0v) is 9.83. The van der Waals surface area contributed by atoms with Crippen molar-refractivity contribution in [2.45, 2.75) is 0 Å². The topological polar surface area (TPSA) is 0 Å². The second-order valence-corrected chi connectivity index (χ2v) is 6.49. The van der Waals surface area contributed by atoms with Gasteiger partial charge < -0.3 is 0 Å². The average molecular weight is 271 g/mol. The van der Waals surface area contributed by atoms with Gasteiger partial charge >= 0.3 is 41.5 Å². The van der Waals surface area contributed by atoms with Gasteiger partial charge in [-0.25, -0.2) is 0 Å². The SMILES string of the molecule is [Cd].[Cl][Cr]([Cl])[Cl]. The van der Waals surface area contributed by atoms with Crippen LogP contribution >= 0.6 is 30.1 Å². The van der Waals surface area contributed by atoms with E-state index in [2.05, 4.69) is 0 Å². The Labute approximate surface area is 67.9 Å². The molecule has 5 heavy (non-hydrogen) atoms. The Bertz CT molecular complexity index is 11.6. The van der Waals surface area contributed by atoms with Crippen molar-refractivity contribution in [3.63, 3.8) is 0 Å². The fourth-order valence-electron chi connectivity index (χ4n) is 0. The summed E-state index contributed by atoms with van der Waals surface area (Å²) in [5.74, 6) is 0. The van der Waals surface area contributed by atoms with Crippen LogP contribution in [0.3, 0.4) is 0 Å². The van der Waals surface area contributed by atoms with Crippen LogP contribution in [0.15, 0.2) is 0 Å². The Kier molecular flexibility index (Phi) is 13.1. The second kappa shape index (κ2) is 6.32. The van der Waals surface area contributed by atoms with E-state index in [1.54, 1.807) is 0 Å². The summed E-state index contributed by atoms with van der Waals surface area (Å²) in [5, 5.41) is 0. The van der Waals surface area contributed by atoms with Crippen molar-refractivity contribution in [3.8, 4) is 0 Å². The Morgan fingerprint density at radius 1 is 1.00 bits per heavy atom. The van der Waals surface area contributed by atoms with Crippen LogP contribution in [0.4, 0.5) is 0 Å². The minimum atomic E-state index is -1.62. The van der Waals surface area contributed by atoms with Crippen LogP contribution < -0.4 is 0 Å². The molecule has 0 nitrogen and oxygen atoms in total. The molecule has 0 saturated heterocycles. The summed E-state index contributed by atoms with van der Waals surface area (Å²) in [5.41, 5.74) is 0. The van der Waals surface area contributed by atoms with E-state index in [0.717, 1.165) is 0 Å². The van der Waals surface area contributed by atoms with Crippen LogP contribution in [0.2, 0.25) is 0 Å². The molecule has 0 rings (SSSR count). The van der Waals surface area contributed by atoms with Crippen molar-refractivity contribution in [3.05, 3.63) is 0 Å². The van der Waals surface area contributed by atoms with Gasteiger partial charge in [0.25, 0.3) is 0 Å². The van der Waals surface area contributed by atoms with Gasteiger partial charge in [-0.15, -0.1) is 0 Å². The van der Waals surface area contributed by atoms with E-state index in [4.69, 9.17) is 30.1 Å². The van der Waals surface area contributed by atoms with Crippen molar-refractivity contribution < 1.29 is 38.7 Å². The molecule has 0 aliphatic carbocycles. The van der Waals surface area contributed by atoms with Gasteiger partial charge in [0.15, 0.2) is 0 Å². The molecule has 0 aromatic carbocycles. The summed E-state index contributed by atoms with van der Waals surface area (Å²) in [4.78, 5) is 0. The molecule has 0 aliphatic heterocycles. The van der Waals surface area contributed by atoms with Crippen LogP contribution in [0.1, 0.15) is 0 Å². The van der Waals surface area contributed by atoms with Crippen molar-refractivity contribution in [2.24, 2.45) is 0 Å². The molecule has 0 fully saturated rings. The second-order valence-electron chi connectivity index (χ2n) is 0.175. The standard InChI is InChI=1S/Cd.3ClH.Cr/h;3*1H;/q;;;;+3/p-3. The van der Waals surface area contributed by atoms with E-state index >= 15 is 0 Å². The summed E-state index contributed by atoms with van der Waals surface area (Å²) in [6, 6.07) is 0. The fraction of sp³-hybridized carbons (Fsp3) is 0. The Morgan fingerprint density at radius 2 is 1.00 bits per heavy atom. The predicted octanol–water partition coefficient (Wildman–Crippen LogP) is 2.06. The summed E-state index contributed by atoms with van der Waals surface area (Å²) in [7, 11) is 14.8. The average Bonchev–Trinajstić information content (AvgIpc) is 0.811. The van der Waals surface area contributed by atoms with Gasteiger partial charge in [-0.1, -0.05) is 0 Å². The van der Waals surface area contributed by atoms with Crippen molar-refractivity contribution >= 4 is 30.1 Å². The zero-order valence-electron chi connectivity index (χ0n) is 2.25. The number of rotatable bonds is 0. The minimum absolute atomic E-state index is 0. The third kappa shape index (κ3) is 21.9. The molecule has 0 unspecified atom stereocenters. The van der Waals surface area contributed by atoms with Crippen LogP contribution in [-0.4, -0.2) is 0 Å². The molecule has 0 radical (unpaired) electrons. The van der Waals surface area contributed by atoms with E-state index in [1.165, 1.54) is 0 Å². The third-order valence-electron chi connectivity index (χ3n) is 0. The van der Waals surface area contributed by atoms with Crippen molar-refractivity contribution in [1.29, 1.82) is 0 Å². The van der Waals surface area contributed by atoms with Gasteiger partial charge in [-0.3, -0.25) is 0 Å². The van der Waals surface area contributed by atoms with Crippen LogP contribution in [0.5, 0.6) is 0 Å². The van der Waals surface area contributed by atoms with Gasteiger partial charge in [0.1, 0.15) is 0 Å². The van der Waals surface area contributed by atoms with Gasteiger partial charge in [0.2, 0.25) is 0 Å². The molecule has 0 heterocycles. The van der Waals surface area contributed by atoms with Crippen LogP contribution in [-0.2, 0) is 38.7 Å². The molecule has 0 saturated carbocycles. The Morgan fingerprint density at radius 3 is 1.00 bits per heavy atom. The number of hydrogen-bond donors (Lipinski definition) is 0. The molecule has 0 N–H and O–H groups in total. The molecule has 0 atom stereocenters. The Hall–Kier alpha value is 2.32. The van der Waals surface area contributed by atoms with Crippen molar-refractivity contribution in [1.82, 2.24) is 0 Å². The Balaban J connectivity index is 0. The first-order valence-electron chi connectivity index (χ1n) is 0.463. The van der Waals surface area contributed by atoms with Crippen LogP contribution in [0, 0.1) is 0 Å². The molecular formula is CdCl3Cr. The van der Waals surface area contributed by atoms with Gasteiger partial charge in [0.05, 0.1) is 0 Å². The summed E-state index contributed by atoms with van der Waals surface area (Å²) >= 11 is -1.62. The third-order valence-corrected chi connectivity index (χ3v) is 0. The van der Waals surface area contributed by atoms with Gasteiger partial charge in [-0.2, -0.15) is 0 Å². The summed E-state index contributed by atoms with van der Waals surface area (Å²) in [6.45, 7) is 0.